The number of hydrogen-bond donors (Lipinski definition) is 1. The van der Waals surface area contributed by atoms with Crippen molar-refractivity contribution in [1.82, 2.24) is 5.32 Å². The molecule has 2 rings (SSSR count). The normalized spacial score (nSPS) is 12.7. The van der Waals surface area contributed by atoms with Crippen molar-refractivity contribution in [3.05, 3.63) is 57.5 Å². The minimum absolute atomic E-state index is 0.113. The van der Waals surface area contributed by atoms with Crippen molar-refractivity contribution in [1.29, 1.82) is 0 Å². The minimum atomic E-state index is 0.113. The highest BCUT2D eigenvalue weighted by molar-refractivity contribution is 9.10. The van der Waals surface area contributed by atoms with Crippen molar-refractivity contribution in [3.63, 3.8) is 0 Å². The maximum atomic E-state index is 5.72. The van der Waals surface area contributed by atoms with E-state index in [-0.39, 0.29) is 6.04 Å². The molecule has 0 aliphatic carbocycles. The third-order valence-electron chi connectivity index (χ3n) is 3.12. The van der Waals surface area contributed by atoms with Gasteiger partial charge >= 0.3 is 0 Å². The molecular weight excluding hydrogens is 290 g/mol. The predicted molar refractivity (Wildman–Crippen MR) is 77.8 cm³/mol. The molecule has 0 aliphatic heterocycles. The van der Waals surface area contributed by atoms with Gasteiger partial charge in [-0.2, -0.15) is 0 Å². The first-order chi connectivity index (χ1) is 8.63. The molecule has 2 aromatic rings. The summed E-state index contributed by atoms with van der Waals surface area (Å²) in [6.07, 6.45) is 0. The Hall–Kier alpha value is -1.06. The van der Waals surface area contributed by atoms with Crippen molar-refractivity contribution < 1.29 is 4.42 Å². The highest BCUT2D eigenvalue weighted by Crippen LogP contribution is 2.30. The van der Waals surface area contributed by atoms with Gasteiger partial charge in [0.1, 0.15) is 5.76 Å². The van der Waals surface area contributed by atoms with Crippen LogP contribution >= 0.6 is 15.9 Å². The highest BCUT2D eigenvalue weighted by Gasteiger charge is 2.20. The van der Waals surface area contributed by atoms with Crippen molar-refractivity contribution in [2.24, 2.45) is 0 Å². The van der Waals surface area contributed by atoms with E-state index < -0.39 is 0 Å². The largest absolute Gasteiger partial charge is 0.452 e. The Labute approximate surface area is 117 Å². The molecule has 1 aromatic heterocycles. The summed E-state index contributed by atoms with van der Waals surface area (Å²) in [6, 6.07) is 10.4. The maximum Gasteiger partial charge on any atom is 0.169 e. The zero-order valence-corrected chi connectivity index (χ0v) is 12.5. The van der Waals surface area contributed by atoms with E-state index in [4.69, 9.17) is 4.42 Å². The molecule has 18 heavy (non-hydrogen) atoms. The number of aryl methyl sites for hydroxylation is 2. The Bertz CT molecular complexity index is 513. The van der Waals surface area contributed by atoms with E-state index in [1.807, 2.05) is 12.1 Å². The summed E-state index contributed by atoms with van der Waals surface area (Å²) in [5.74, 6) is 0.945. The van der Waals surface area contributed by atoms with Gasteiger partial charge in [-0.1, -0.05) is 25.1 Å². The third kappa shape index (κ3) is 2.68. The highest BCUT2D eigenvalue weighted by atomic mass is 79.9. The van der Waals surface area contributed by atoms with Gasteiger partial charge in [-0.05, 0) is 65.1 Å². The fraction of sp³-hybridized carbons (Fsp3) is 0.333. The van der Waals surface area contributed by atoms with E-state index in [2.05, 4.69) is 60.2 Å². The second kappa shape index (κ2) is 5.72. The molecule has 0 amide bonds. The number of benzene rings is 1. The van der Waals surface area contributed by atoms with Gasteiger partial charge in [-0.15, -0.1) is 0 Å². The Morgan fingerprint density at radius 2 is 1.83 bits per heavy atom. The molecule has 0 aliphatic rings. The monoisotopic (exact) mass is 307 g/mol. The zero-order valence-electron chi connectivity index (χ0n) is 11.0. The van der Waals surface area contributed by atoms with Crippen molar-refractivity contribution in [2.75, 3.05) is 6.54 Å². The number of halogens is 1. The van der Waals surface area contributed by atoms with E-state index in [1.54, 1.807) is 0 Å². The molecule has 1 N–H and O–H groups in total. The van der Waals surface area contributed by atoms with E-state index >= 15 is 0 Å². The summed E-state index contributed by atoms with van der Waals surface area (Å²) < 4.78 is 6.49. The van der Waals surface area contributed by atoms with E-state index in [9.17, 15) is 0 Å². The quantitative estimate of drug-likeness (QED) is 0.908. The van der Waals surface area contributed by atoms with Crippen LogP contribution in [0.5, 0.6) is 0 Å². The summed E-state index contributed by atoms with van der Waals surface area (Å²) in [5, 5.41) is 3.50. The second-order valence-corrected chi connectivity index (χ2v) is 5.22. The van der Waals surface area contributed by atoms with Gasteiger partial charge in [0.25, 0.3) is 0 Å². The summed E-state index contributed by atoms with van der Waals surface area (Å²) in [4.78, 5) is 0. The molecule has 96 valence electrons. The van der Waals surface area contributed by atoms with E-state index in [1.165, 1.54) is 16.7 Å². The maximum absolute atomic E-state index is 5.72. The second-order valence-electron chi connectivity index (χ2n) is 4.44. The lowest BCUT2D eigenvalue weighted by molar-refractivity contribution is 0.436. The SMILES string of the molecule is CCNC(c1ccc(Br)o1)c1c(C)cccc1C. The first-order valence-corrected chi connectivity index (χ1v) is 6.97. The average Bonchev–Trinajstić information content (AvgIpc) is 2.74. The summed E-state index contributed by atoms with van der Waals surface area (Å²) >= 11 is 3.37. The van der Waals surface area contributed by atoms with E-state index in [0.29, 0.717) is 0 Å². The molecule has 0 radical (unpaired) electrons. The fourth-order valence-electron chi connectivity index (χ4n) is 2.32. The van der Waals surface area contributed by atoms with E-state index in [0.717, 1.165) is 17.0 Å². The van der Waals surface area contributed by atoms with Crippen LogP contribution in [0.3, 0.4) is 0 Å². The van der Waals surface area contributed by atoms with Crippen LogP contribution in [-0.2, 0) is 0 Å². The average molecular weight is 308 g/mol. The Morgan fingerprint density at radius 1 is 1.17 bits per heavy atom. The lowest BCUT2D eigenvalue weighted by atomic mass is 9.94. The molecule has 1 atom stereocenters. The first-order valence-electron chi connectivity index (χ1n) is 6.18. The number of nitrogens with one attached hydrogen (secondary N) is 1. The summed E-state index contributed by atoms with van der Waals surface area (Å²) in [7, 11) is 0. The first kappa shape index (κ1) is 13.4. The van der Waals surface area contributed by atoms with Crippen LogP contribution in [0, 0.1) is 13.8 Å². The van der Waals surface area contributed by atoms with Crippen LogP contribution in [0.2, 0.25) is 0 Å². The zero-order chi connectivity index (χ0) is 13.1. The number of rotatable bonds is 4. The molecule has 0 saturated carbocycles. The standard InChI is InChI=1S/C15H18BrNO/c1-4-17-15(12-8-9-13(16)18-12)14-10(2)6-5-7-11(14)3/h5-9,15,17H,4H2,1-3H3. The topological polar surface area (TPSA) is 25.2 Å². The molecule has 1 unspecified atom stereocenters. The van der Waals surface area contributed by atoms with Gasteiger partial charge < -0.3 is 9.73 Å². The molecule has 1 heterocycles. The van der Waals surface area contributed by atoms with Crippen molar-refractivity contribution >= 4 is 15.9 Å². The van der Waals surface area contributed by atoms with Crippen LogP contribution in [-0.4, -0.2) is 6.54 Å². The Kier molecular flexibility index (Phi) is 4.25. The molecule has 1 aromatic carbocycles. The fourth-order valence-corrected chi connectivity index (χ4v) is 2.63. The van der Waals surface area contributed by atoms with Crippen LogP contribution < -0.4 is 5.32 Å². The summed E-state index contributed by atoms with van der Waals surface area (Å²) in [6.45, 7) is 7.30. The van der Waals surface area contributed by atoms with Crippen molar-refractivity contribution in [2.45, 2.75) is 26.8 Å². The molecule has 3 heteroatoms. The predicted octanol–water partition coefficient (Wildman–Crippen LogP) is 4.36. The van der Waals surface area contributed by atoms with Crippen LogP contribution in [0.1, 0.15) is 35.4 Å². The molecule has 0 fully saturated rings. The molecular formula is C15H18BrNO. The summed E-state index contributed by atoms with van der Waals surface area (Å²) in [5.41, 5.74) is 3.88. The van der Waals surface area contributed by atoms with Crippen LogP contribution in [0.15, 0.2) is 39.4 Å². The van der Waals surface area contributed by atoms with Crippen LogP contribution in [0.25, 0.3) is 0 Å². The van der Waals surface area contributed by atoms with Crippen LogP contribution in [0.4, 0.5) is 0 Å². The molecule has 0 saturated heterocycles. The number of furan rings is 1. The van der Waals surface area contributed by atoms with Gasteiger partial charge in [0.15, 0.2) is 4.67 Å². The Balaban J connectivity index is 2.47. The molecule has 0 bridgehead atoms. The van der Waals surface area contributed by atoms with Crippen molar-refractivity contribution in [3.8, 4) is 0 Å². The third-order valence-corrected chi connectivity index (χ3v) is 3.54. The lowest BCUT2D eigenvalue weighted by Crippen LogP contribution is -2.23. The lowest BCUT2D eigenvalue weighted by Gasteiger charge is -2.20. The van der Waals surface area contributed by atoms with Gasteiger partial charge in [-0.3, -0.25) is 0 Å². The molecule has 2 nitrogen and oxygen atoms in total. The van der Waals surface area contributed by atoms with Gasteiger partial charge in [0.05, 0.1) is 6.04 Å². The minimum Gasteiger partial charge on any atom is -0.452 e. The Morgan fingerprint density at radius 3 is 2.33 bits per heavy atom. The smallest absolute Gasteiger partial charge is 0.169 e. The van der Waals surface area contributed by atoms with Gasteiger partial charge in [0.2, 0.25) is 0 Å². The van der Waals surface area contributed by atoms with Gasteiger partial charge in [-0.25, -0.2) is 0 Å². The molecule has 0 spiro atoms. The van der Waals surface area contributed by atoms with Gasteiger partial charge in [0, 0.05) is 0 Å². The number of hydrogen-bond acceptors (Lipinski definition) is 2.